The molecule has 0 aliphatic carbocycles. The first kappa shape index (κ1) is 14.5. The second-order valence-corrected chi connectivity index (χ2v) is 5.20. The number of hydrogen-bond donors (Lipinski definition) is 0. The van der Waals surface area contributed by atoms with Gasteiger partial charge in [0.1, 0.15) is 5.60 Å². The summed E-state index contributed by atoms with van der Waals surface area (Å²) in [4.78, 5) is 24.1. The van der Waals surface area contributed by atoms with Crippen molar-refractivity contribution in [3.05, 3.63) is 29.8 Å². The summed E-state index contributed by atoms with van der Waals surface area (Å²) < 4.78 is 5.23. The molecule has 98 valence electrons. The molecular formula is C13H16ClNO3. The topological polar surface area (TPSA) is 46.6 Å². The van der Waals surface area contributed by atoms with Crippen LogP contribution in [0.1, 0.15) is 31.1 Å². The monoisotopic (exact) mass is 269 g/mol. The lowest BCUT2D eigenvalue weighted by molar-refractivity contribution is 0.0589. The molecule has 0 saturated heterocycles. The van der Waals surface area contributed by atoms with Crippen molar-refractivity contribution in [3.8, 4) is 0 Å². The number of anilines is 1. The molecule has 18 heavy (non-hydrogen) atoms. The van der Waals surface area contributed by atoms with Gasteiger partial charge in [-0.3, -0.25) is 9.69 Å². The minimum atomic E-state index is -0.544. The number of rotatable bonds is 2. The van der Waals surface area contributed by atoms with Gasteiger partial charge in [0.15, 0.2) is 0 Å². The zero-order valence-corrected chi connectivity index (χ0v) is 11.6. The van der Waals surface area contributed by atoms with E-state index in [0.29, 0.717) is 11.3 Å². The highest BCUT2D eigenvalue weighted by molar-refractivity contribution is 6.67. The van der Waals surface area contributed by atoms with E-state index in [-0.39, 0.29) is 0 Å². The van der Waals surface area contributed by atoms with Crippen LogP contribution in [0.4, 0.5) is 10.5 Å². The zero-order valence-electron chi connectivity index (χ0n) is 10.9. The van der Waals surface area contributed by atoms with Crippen molar-refractivity contribution in [2.45, 2.75) is 26.4 Å². The smallest absolute Gasteiger partial charge is 0.414 e. The fourth-order valence-electron chi connectivity index (χ4n) is 1.25. The lowest BCUT2D eigenvalue weighted by atomic mass is 10.2. The number of ether oxygens (including phenoxy) is 1. The molecule has 0 heterocycles. The van der Waals surface area contributed by atoms with E-state index in [1.54, 1.807) is 52.1 Å². The van der Waals surface area contributed by atoms with Crippen molar-refractivity contribution >= 4 is 28.6 Å². The number of amides is 1. The molecule has 0 aliphatic rings. The van der Waals surface area contributed by atoms with Gasteiger partial charge in [0.05, 0.1) is 0 Å². The van der Waals surface area contributed by atoms with Crippen molar-refractivity contribution in [2.24, 2.45) is 0 Å². The molecular weight excluding hydrogens is 254 g/mol. The molecule has 0 fully saturated rings. The molecule has 0 radical (unpaired) electrons. The molecule has 0 bridgehead atoms. The molecule has 0 unspecified atom stereocenters. The minimum Gasteiger partial charge on any atom is -0.443 e. The molecule has 0 atom stereocenters. The lowest BCUT2D eigenvalue weighted by Gasteiger charge is -2.24. The summed E-state index contributed by atoms with van der Waals surface area (Å²) in [7, 11) is 1.60. The molecule has 0 N–H and O–H groups in total. The van der Waals surface area contributed by atoms with Gasteiger partial charge in [-0.15, -0.1) is 0 Å². The second-order valence-electron chi connectivity index (χ2n) is 4.86. The van der Waals surface area contributed by atoms with Gasteiger partial charge in [-0.1, -0.05) is 0 Å². The maximum Gasteiger partial charge on any atom is 0.414 e. The summed E-state index contributed by atoms with van der Waals surface area (Å²) in [6.07, 6.45) is -0.451. The van der Waals surface area contributed by atoms with Crippen molar-refractivity contribution < 1.29 is 14.3 Å². The van der Waals surface area contributed by atoms with Gasteiger partial charge in [-0.05, 0) is 56.6 Å². The van der Waals surface area contributed by atoms with Crippen molar-refractivity contribution in [1.82, 2.24) is 0 Å². The van der Waals surface area contributed by atoms with Crippen LogP contribution in [0.15, 0.2) is 24.3 Å². The molecule has 0 spiro atoms. The van der Waals surface area contributed by atoms with Crippen LogP contribution in [0.5, 0.6) is 0 Å². The summed E-state index contributed by atoms with van der Waals surface area (Å²) in [5.74, 6) is 0. The number of benzene rings is 1. The van der Waals surface area contributed by atoms with Crippen LogP contribution in [0.2, 0.25) is 0 Å². The summed E-state index contributed by atoms with van der Waals surface area (Å²) in [6, 6.07) is 6.40. The molecule has 1 aromatic carbocycles. The highest BCUT2D eigenvalue weighted by atomic mass is 35.5. The van der Waals surface area contributed by atoms with Crippen LogP contribution >= 0.6 is 11.6 Å². The first-order valence-electron chi connectivity index (χ1n) is 5.47. The van der Waals surface area contributed by atoms with Crippen molar-refractivity contribution in [3.63, 3.8) is 0 Å². The Labute approximate surface area is 111 Å². The molecule has 0 aliphatic heterocycles. The summed E-state index contributed by atoms with van der Waals surface area (Å²) >= 11 is 5.34. The Kier molecular flexibility index (Phi) is 4.35. The Morgan fingerprint density at radius 3 is 2.06 bits per heavy atom. The standard InChI is InChI=1S/C13H16ClNO3/c1-13(2,3)18-12(17)15(4)10-7-5-9(6-8-10)11(14)16/h5-8H,1-4H3. The van der Waals surface area contributed by atoms with Crippen molar-refractivity contribution in [1.29, 1.82) is 0 Å². The second kappa shape index (κ2) is 5.40. The van der Waals surface area contributed by atoms with Gasteiger partial charge in [-0.2, -0.15) is 0 Å². The Balaban J connectivity index is 2.81. The Bertz CT molecular complexity index is 448. The fraction of sp³-hybridized carbons (Fsp3) is 0.385. The van der Waals surface area contributed by atoms with Gasteiger partial charge in [0.2, 0.25) is 0 Å². The number of halogens is 1. The molecule has 0 saturated carbocycles. The largest absolute Gasteiger partial charge is 0.443 e. The van der Waals surface area contributed by atoms with E-state index in [4.69, 9.17) is 16.3 Å². The molecule has 4 nitrogen and oxygen atoms in total. The first-order valence-corrected chi connectivity index (χ1v) is 5.85. The summed E-state index contributed by atoms with van der Waals surface area (Å²) in [5, 5.41) is -0.526. The highest BCUT2D eigenvalue weighted by Gasteiger charge is 2.20. The Hall–Kier alpha value is -1.55. The van der Waals surface area contributed by atoms with Crippen LogP contribution in [-0.4, -0.2) is 24.0 Å². The number of hydrogen-bond acceptors (Lipinski definition) is 3. The van der Waals surface area contributed by atoms with E-state index in [9.17, 15) is 9.59 Å². The van der Waals surface area contributed by atoms with E-state index in [1.165, 1.54) is 4.90 Å². The predicted molar refractivity (Wildman–Crippen MR) is 71.3 cm³/mol. The fourth-order valence-corrected chi connectivity index (χ4v) is 1.38. The van der Waals surface area contributed by atoms with Crippen LogP contribution in [0.3, 0.4) is 0 Å². The van der Waals surface area contributed by atoms with Crippen LogP contribution in [0.25, 0.3) is 0 Å². The van der Waals surface area contributed by atoms with E-state index in [2.05, 4.69) is 0 Å². The molecule has 1 aromatic rings. The number of nitrogens with zero attached hydrogens (tertiary/aromatic N) is 1. The van der Waals surface area contributed by atoms with E-state index in [1.807, 2.05) is 0 Å². The van der Waals surface area contributed by atoms with Gasteiger partial charge in [-0.25, -0.2) is 4.79 Å². The summed E-state index contributed by atoms with van der Waals surface area (Å²) in [5.41, 5.74) is 0.473. The molecule has 5 heteroatoms. The normalized spacial score (nSPS) is 10.9. The van der Waals surface area contributed by atoms with Crippen molar-refractivity contribution in [2.75, 3.05) is 11.9 Å². The van der Waals surface area contributed by atoms with Gasteiger partial charge >= 0.3 is 6.09 Å². The Morgan fingerprint density at radius 1 is 1.17 bits per heavy atom. The Morgan fingerprint density at radius 2 is 1.67 bits per heavy atom. The zero-order chi connectivity index (χ0) is 13.9. The highest BCUT2D eigenvalue weighted by Crippen LogP contribution is 2.18. The van der Waals surface area contributed by atoms with Gasteiger partial charge in [0.25, 0.3) is 5.24 Å². The SMILES string of the molecule is CN(C(=O)OC(C)(C)C)c1ccc(C(=O)Cl)cc1. The van der Waals surface area contributed by atoms with E-state index >= 15 is 0 Å². The third kappa shape index (κ3) is 4.04. The maximum absolute atomic E-state index is 11.8. The lowest BCUT2D eigenvalue weighted by Crippen LogP contribution is -2.34. The predicted octanol–water partition coefficient (Wildman–Crippen LogP) is 3.44. The quantitative estimate of drug-likeness (QED) is 0.773. The van der Waals surface area contributed by atoms with Gasteiger partial charge < -0.3 is 4.74 Å². The van der Waals surface area contributed by atoms with Crippen LogP contribution in [0, 0.1) is 0 Å². The van der Waals surface area contributed by atoms with Crippen LogP contribution < -0.4 is 4.90 Å². The average Bonchev–Trinajstić information content (AvgIpc) is 2.26. The number of carbonyl (C=O) groups is 2. The molecule has 1 amide bonds. The maximum atomic E-state index is 11.8. The van der Waals surface area contributed by atoms with Gasteiger partial charge in [0, 0.05) is 18.3 Å². The summed E-state index contributed by atoms with van der Waals surface area (Å²) in [6.45, 7) is 5.40. The third-order valence-corrected chi connectivity index (χ3v) is 2.37. The van der Waals surface area contributed by atoms with E-state index in [0.717, 1.165) is 0 Å². The first-order chi connectivity index (χ1) is 8.20. The van der Waals surface area contributed by atoms with E-state index < -0.39 is 16.9 Å². The average molecular weight is 270 g/mol. The van der Waals surface area contributed by atoms with Crippen LogP contribution in [-0.2, 0) is 4.74 Å². The molecule has 0 aromatic heterocycles. The minimum absolute atomic E-state index is 0.387. The third-order valence-electron chi connectivity index (χ3n) is 2.15. The number of carbonyl (C=O) groups excluding carboxylic acids is 2. The molecule has 1 rings (SSSR count).